The summed E-state index contributed by atoms with van der Waals surface area (Å²) in [5.74, 6) is -0.331. The summed E-state index contributed by atoms with van der Waals surface area (Å²) in [4.78, 5) is 13.6. The Hall–Kier alpha value is -2.28. The average Bonchev–Trinajstić information content (AvgIpc) is 2.46. The molecule has 0 amide bonds. The van der Waals surface area contributed by atoms with Crippen molar-refractivity contribution in [2.75, 3.05) is 25.1 Å². The lowest BCUT2D eigenvalue weighted by atomic mass is 10.1. The van der Waals surface area contributed by atoms with Crippen LogP contribution in [0.1, 0.15) is 16.8 Å². The standard InChI is InChI=1S/C14H14N2O2/c1-18-14(17)12-3-2-4-13(9-12)16-7-5-11(10-15)6-8-16/h2-5,9H,6-8H2,1H3. The normalized spacial score (nSPS) is 14.7. The number of ether oxygens (including phenoxy) is 1. The van der Waals surface area contributed by atoms with Crippen LogP contribution < -0.4 is 4.90 Å². The zero-order valence-corrected chi connectivity index (χ0v) is 10.2. The molecule has 0 fully saturated rings. The van der Waals surface area contributed by atoms with E-state index in [2.05, 4.69) is 11.0 Å². The quantitative estimate of drug-likeness (QED) is 0.745. The van der Waals surface area contributed by atoms with E-state index in [1.165, 1.54) is 7.11 Å². The first kappa shape index (κ1) is 12.2. The predicted molar refractivity (Wildman–Crippen MR) is 68.3 cm³/mol. The molecular weight excluding hydrogens is 228 g/mol. The fraction of sp³-hybridized carbons (Fsp3) is 0.286. The third-order valence-electron chi connectivity index (χ3n) is 2.99. The van der Waals surface area contributed by atoms with Gasteiger partial charge < -0.3 is 9.64 Å². The minimum atomic E-state index is -0.331. The molecule has 0 atom stereocenters. The number of carbonyl (C=O) groups excluding carboxylic acids is 1. The Morgan fingerprint density at radius 3 is 2.94 bits per heavy atom. The van der Waals surface area contributed by atoms with E-state index in [0.29, 0.717) is 12.1 Å². The van der Waals surface area contributed by atoms with Gasteiger partial charge in [0.1, 0.15) is 0 Å². The van der Waals surface area contributed by atoms with E-state index in [1.54, 1.807) is 6.07 Å². The Morgan fingerprint density at radius 1 is 1.50 bits per heavy atom. The molecule has 1 aromatic rings. The molecule has 2 rings (SSSR count). The van der Waals surface area contributed by atoms with Crippen LogP contribution in [0.25, 0.3) is 0 Å². The van der Waals surface area contributed by atoms with Gasteiger partial charge in [0.05, 0.1) is 18.7 Å². The number of nitrogens with zero attached hydrogens (tertiary/aromatic N) is 2. The Labute approximate surface area is 106 Å². The minimum absolute atomic E-state index is 0.331. The van der Waals surface area contributed by atoms with Crippen LogP contribution >= 0.6 is 0 Å². The van der Waals surface area contributed by atoms with Crippen molar-refractivity contribution in [2.45, 2.75) is 6.42 Å². The van der Waals surface area contributed by atoms with Crippen molar-refractivity contribution in [1.82, 2.24) is 0 Å². The average molecular weight is 242 g/mol. The molecule has 4 heteroatoms. The minimum Gasteiger partial charge on any atom is -0.465 e. The summed E-state index contributed by atoms with van der Waals surface area (Å²) in [5, 5.41) is 8.80. The number of hydrogen-bond donors (Lipinski definition) is 0. The first-order chi connectivity index (χ1) is 8.74. The molecule has 0 bridgehead atoms. The van der Waals surface area contributed by atoms with Crippen LogP contribution in [-0.2, 0) is 4.74 Å². The molecule has 1 aliphatic rings. The zero-order chi connectivity index (χ0) is 13.0. The Kier molecular flexibility index (Phi) is 3.63. The summed E-state index contributed by atoms with van der Waals surface area (Å²) in [6.45, 7) is 1.50. The summed E-state index contributed by atoms with van der Waals surface area (Å²) in [5.41, 5.74) is 2.35. The molecule has 18 heavy (non-hydrogen) atoms. The Bertz CT molecular complexity index is 529. The number of methoxy groups -OCH3 is 1. The van der Waals surface area contributed by atoms with E-state index < -0.39 is 0 Å². The van der Waals surface area contributed by atoms with Gasteiger partial charge in [0.2, 0.25) is 0 Å². The van der Waals surface area contributed by atoms with Gasteiger partial charge in [-0.05, 0) is 24.6 Å². The van der Waals surface area contributed by atoms with Crippen LogP contribution in [0.3, 0.4) is 0 Å². The van der Waals surface area contributed by atoms with Crippen molar-refractivity contribution < 1.29 is 9.53 Å². The topological polar surface area (TPSA) is 53.3 Å². The molecule has 4 nitrogen and oxygen atoms in total. The first-order valence-electron chi connectivity index (χ1n) is 5.77. The van der Waals surface area contributed by atoms with E-state index in [-0.39, 0.29) is 5.97 Å². The molecule has 0 aliphatic carbocycles. The van der Waals surface area contributed by atoms with Crippen LogP contribution in [0.15, 0.2) is 35.9 Å². The summed E-state index contributed by atoms with van der Waals surface area (Å²) >= 11 is 0. The van der Waals surface area contributed by atoms with Gasteiger partial charge in [-0.1, -0.05) is 12.1 Å². The molecule has 0 spiro atoms. The number of esters is 1. The van der Waals surface area contributed by atoms with Gasteiger partial charge in [0.25, 0.3) is 0 Å². The fourth-order valence-corrected chi connectivity index (χ4v) is 1.95. The van der Waals surface area contributed by atoms with E-state index in [0.717, 1.165) is 24.2 Å². The largest absolute Gasteiger partial charge is 0.465 e. The molecule has 1 heterocycles. The molecule has 1 aromatic carbocycles. The maximum absolute atomic E-state index is 11.5. The molecule has 0 saturated heterocycles. The molecule has 1 aliphatic heterocycles. The highest BCUT2D eigenvalue weighted by Crippen LogP contribution is 2.20. The van der Waals surface area contributed by atoms with Crippen molar-refractivity contribution in [3.05, 3.63) is 41.5 Å². The highest BCUT2D eigenvalue weighted by molar-refractivity contribution is 5.90. The van der Waals surface area contributed by atoms with Crippen LogP contribution in [0.2, 0.25) is 0 Å². The number of hydrogen-bond acceptors (Lipinski definition) is 4. The second kappa shape index (κ2) is 5.37. The molecule has 0 aromatic heterocycles. The molecule has 0 radical (unpaired) electrons. The number of rotatable bonds is 2. The number of carbonyl (C=O) groups is 1. The lowest BCUT2D eigenvalue weighted by molar-refractivity contribution is 0.0601. The van der Waals surface area contributed by atoms with E-state index in [1.807, 2.05) is 24.3 Å². The molecular formula is C14H14N2O2. The van der Waals surface area contributed by atoms with Gasteiger partial charge in [-0.2, -0.15) is 5.26 Å². The van der Waals surface area contributed by atoms with Crippen molar-refractivity contribution in [3.63, 3.8) is 0 Å². The smallest absolute Gasteiger partial charge is 0.337 e. The number of benzene rings is 1. The Balaban J connectivity index is 2.18. The highest BCUT2D eigenvalue weighted by Gasteiger charge is 2.13. The number of anilines is 1. The molecule has 0 N–H and O–H groups in total. The third kappa shape index (κ3) is 2.51. The van der Waals surface area contributed by atoms with Crippen LogP contribution in [-0.4, -0.2) is 26.2 Å². The van der Waals surface area contributed by atoms with Gasteiger partial charge in [0, 0.05) is 24.4 Å². The maximum Gasteiger partial charge on any atom is 0.337 e. The lowest BCUT2D eigenvalue weighted by Crippen LogP contribution is -2.28. The fourth-order valence-electron chi connectivity index (χ4n) is 1.95. The van der Waals surface area contributed by atoms with Crippen LogP contribution in [0.5, 0.6) is 0 Å². The number of nitriles is 1. The van der Waals surface area contributed by atoms with E-state index in [4.69, 9.17) is 10.00 Å². The van der Waals surface area contributed by atoms with Gasteiger partial charge in [-0.15, -0.1) is 0 Å². The second-order valence-corrected chi connectivity index (χ2v) is 4.08. The van der Waals surface area contributed by atoms with Crippen LogP contribution in [0.4, 0.5) is 5.69 Å². The first-order valence-corrected chi connectivity index (χ1v) is 5.77. The van der Waals surface area contributed by atoms with Gasteiger partial charge in [0.15, 0.2) is 0 Å². The van der Waals surface area contributed by atoms with Gasteiger partial charge in [-0.3, -0.25) is 0 Å². The lowest BCUT2D eigenvalue weighted by Gasteiger charge is -2.27. The van der Waals surface area contributed by atoms with Gasteiger partial charge in [-0.25, -0.2) is 4.79 Å². The van der Waals surface area contributed by atoms with Crippen molar-refractivity contribution in [2.24, 2.45) is 0 Å². The van der Waals surface area contributed by atoms with Gasteiger partial charge >= 0.3 is 5.97 Å². The van der Waals surface area contributed by atoms with E-state index >= 15 is 0 Å². The molecule has 92 valence electrons. The SMILES string of the molecule is COC(=O)c1cccc(N2CC=C(C#N)CC2)c1. The van der Waals surface area contributed by atoms with Crippen molar-refractivity contribution in [1.29, 1.82) is 5.26 Å². The molecule has 0 saturated carbocycles. The van der Waals surface area contributed by atoms with Crippen molar-refractivity contribution >= 4 is 11.7 Å². The molecule has 0 unspecified atom stereocenters. The van der Waals surface area contributed by atoms with Crippen molar-refractivity contribution in [3.8, 4) is 6.07 Å². The summed E-state index contributed by atoms with van der Waals surface area (Å²) in [6.07, 6.45) is 2.67. The summed E-state index contributed by atoms with van der Waals surface area (Å²) in [7, 11) is 1.37. The Morgan fingerprint density at radius 2 is 2.33 bits per heavy atom. The predicted octanol–water partition coefficient (Wildman–Crippen LogP) is 2.13. The van der Waals surface area contributed by atoms with Crippen LogP contribution in [0, 0.1) is 11.3 Å². The van der Waals surface area contributed by atoms with E-state index in [9.17, 15) is 4.79 Å². The second-order valence-electron chi connectivity index (χ2n) is 4.08. The third-order valence-corrected chi connectivity index (χ3v) is 2.99. The highest BCUT2D eigenvalue weighted by atomic mass is 16.5. The summed E-state index contributed by atoms with van der Waals surface area (Å²) < 4.78 is 4.70. The zero-order valence-electron chi connectivity index (χ0n) is 10.2. The monoisotopic (exact) mass is 242 g/mol. The summed E-state index contributed by atoms with van der Waals surface area (Å²) in [6, 6.07) is 9.52. The maximum atomic E-state index is 11.5.